The number of amides is 1. The number of alkyl carbamates (subject to hydrolysis) is 1. The van der Waals surface area contributed by atoms with Gasteiger partial charge in [0.05, 0.1) is 17.9 Å². The van der Waals surface area contributed by atoms with E-state index in [2.05, 4.69) is 45.6 Å². The monoisotopic (exact) mass is 497 g/mol. The van der Waals surface area contributed by atoms with Crippen LogP contribution in [0.25, 0.3) is 22.0 Å². The van der Waals surface area contributed by atoms with Crippen LogP contribution in [0.5, 0.6) is 0 Å². The van der Waals surface area contributed by atoms with Crippen LogP contribution in [0.15, 0.2) is 79.0 Å². The summed E-state index contributed by atoms with van der Waals surface area (Å²) in [5.74, 6) is 0.906. The average molecular weight is 498 g/mol. The van der Waals surface area contributed by atoms with Gasteiger partial charge in [-0.2, -0.15) is 0 Å². The van der Waals surface area contributed by atoms with Gasteiger partial charge in [-0.15, -0.1) is 0 Å². The van der Waals surface area contributed by atoms with Gasteiger partial charge in [0.15, 0.2) is 6.10 Å². The Hall–Kier alpha value is -3.93. The average Bonchev–Trinajstić information content (AvgIpc) is 3.42. The van der Waals surface area contributed by atoms with Crippen molar-refractivity contribution in [1.82, 2.24) is 15.3 Å². The second kappa shape index (κ2) is 12.9. The number of aromatic amines is 1. The van der Waals surface area contributed by atoms with Crippen LogP contribution in [0.4, 0.5) is 4.79 Å². The summed E-state index contributed by atoms with van der Waals surface area (Å²) < 4.78 is 5.89. The van der Waals surface area contributed by atoms with Gasteiger partial charge in [0.1, 0.15) is 11.6 Å². The maximum Gasteiger partial charge on any atom is 0.408 e. The highest BCUT2D eigenvalue weighted by atomic mass is 16.6. The molecular formula is C31H35N3O3. The largest absolute Gasteiger partial charge is 0.438 e. The van der Waals surface area contributed by atoms with Gasteiger partial charge in [0.25, 0.3) is 0 Å². The van der Waals surface area contributed by atoms with Gasteiger partial charge >= 0.3 is 6.09 Å². The summed E-state index contributed by atoms with van der Waals surface area (Å²) in [6, 6.07) is 24.1. The number of carbonyl (C=O) groups excluding carboxylic acids is 2. The van der Waals surface area contributed by atoms with Crippen molar-refractivity contribution in [3.63, 3.8) is 0 Å². The summed E-state index contributed by atoms with van der Waals surface area (Å²) in [5, 5.41) is 5.26. The van der Waals surface area contributed by atoms with Gasteiger partial charge in [0, 0.05) is 18.4 Å². The Morgan fingerprint density at radius 3 is 2.49 bits per heavy atom. The van der Waals surface area contributed by atoms with Crippen LogP contribution in [0.3, 0.4) is 0 Å². The first-order valence-corrected chi connectivity index (χ1v) is 13.1. The van der Waals surface area contributed by atoms with Crippen molar-refractivity contribution in [2.45, 2.75) is 64.5 Å². The Morgan fingerprint density at radius 1 is 0.946 bits per heavy atom. The summed E-state index contributed by atoms with van der Waals surface area (Å²) in [4.78, 5) is 32.4. The van der Waals surface area contributed by atoms with E-state index in [4.69, 9.17) is 4.74 Å². The van der Waals surface area contributed by atoms with Crippen LogP contribution in [-0.4, -0.2) is 21.8 Å². The highest BCUT2D eigenvalue weighted by Crippen LogP contribution is 2.28. The van der Waals surface area contributed by atoms with Crippen molar-refractivity contribution in [1.29, 1.82) is 0 Å². The topological polar surface area (TPSA) is 84.1 Å². The minimum atomic E-state index is -0.515. The number of aromatic nitrogens is 2. The zero-order valence-corrected chi connectivity index (χ0v) is 21.6. The molecule has 1 unspecified atom stereocenters. The Balaban J connectivity index is 1.45. The van der Waals surface area contributed by atoms with Gasteiger partial charge in [-0.1, -0.05) is 80.1 Å². The molecule has 37 heavy (non-hydrogen) atoms. The first kappa shape index (κ1) is 26.1. The second-order valence-corrected chi connectivity index (χ2v) is 9.41. The van der Waals surface area contributed by atoms with Crippen LogP contribution in [0.2, 0.25) is 0 Å². The summed E-state index contributed by atoms with van der Waals surface area (Å²) in [6.07, 6.45) is 5.17. The lowest BCUT2D eigenvalue weighted by atomic mass is 10.1. The zero-order chi connectivity index (χ0) is 26.0. The predicted molar refractivity (Wildman–Crippen MR) is 147 cm³/mol. The SMILES string of the molecule is CCC(=O)CCCCCC(OC(=O)N[C@@H](C)c1ccccc1)c1ncc(-c2ccc3ccccc3c2)[nH]1. The third-order valence-corrected chi connectivity index (χ3v) is 6.66. The molecule has 1 aromatic heterocycles. The lowest BCUT2D eigenvalue weighted by molar-refractivity contribution is -0.118. The Labute approximate surface area is 218 Å². The molecule has 0 bridgehead atoms. The lowest BCUT2D eigenvalue weighted by Gasteiger charge is -2.19. The first-order valence-electron chi connectivity index (χ1n) is 13.1. The maximum atomic E-state index is 12.8. The molecule has 4 aromatic rings. The molecule has 0 saturated heterocycles. The minimum absolute atomic E-state index is 0.181. The quantitative estimate of drug-likeness (QED) is 0.197. The molecule has 0 aliphatic carbocycles. The number of nitrogens with one attached hydrogen (secondary N) is 2. The molecule has 0 fully saturated rings. The minimum Gasteiger partial charge on any atom is -0.438 e. The van der Waals surface area contributed by atoms with Gasteiger partial charge in [-0.3, -0.25) is 4.79 Å². The molecule has 3 aromatic carbocycles. The fourth-order valence-electron chi connectivity index (χ4n) is 4.43. The number of unbranched alkanes of at least 4 members (excludes halogenated alkanes) is 2. The van der Waals surface area contributed by atoms with Crippen molar-refractivity contribution in [3.05, 3.63) is 90.4 Å². The van der Waals surface area contributed by atoms with Crippen molar-refractivity contribution in [2.75, 3.05) is 0 Å². The van der Waals surface area contributed by atoms with Crippen molar-refractivity contribution in [3.8, 4) is 11.3 Å². The van der Waals surface area contributed by atoms with Crippen LogP contribution in [0, 0.1) is 0 Å². The number of fused-ring (bicyclic) bond motifs is 1. The van der Waals surface area contributed by atoms with E-state index in [1.165, 1.54) is 5.39 Å². The van der Waals surface area contributed by atoms with E-state index in [-0.39, 0.29) is 11.8 Å². The molecule has 192 valence electrons. The molecular weight excluding hydrogens is 462 g/mol. The van der Waals surface area contributed by atoms with Gasteiger partial charge in [-0.25, -0.2) is 9.78 Å². The summed E-state index contributed by atoms with van der Waals surface area (Å²) in [5.41, 5.74) is 2.91. The summed E-state index contributed by atoms with van der Waals surface area (Å²) >= 11 is 0. The van der Waals surface area contributed by atoms with E-state index < -0.39 is 12.2 Å². The van der Waals surface area contributed by atoms with E-state index in [1.54, 1.807) is 6.20 Å². The molecule has 6 heteroatoms. The number of hydrogen-bond acceptors (Lipinski definition) is 4. The molecule has 0 radical (unpaired) electrons. The standard InChI is InChI=1S/C31H35N3O3/c1-3-27(35)16-8-5-9-17-29(37-31(36)33-22(2)23-12-6-4-7-13-23)30-32-21-28(34-30)26-19-18-24-14-10-11-15-25(24)20-26/h4,6-7,10-15,18-22,29H,3,5,8-9,16-17H2,1-2H3,(H,32,34)(H,33,36)/t22-,29?/m0/s1. The molecule has 0 aliphatic rings. The van der Waals surface area contributed by atoms with E-state index >= 15 is 0 Å². The summed E-state index contributed by atoms with van der Waals surface area (Å²) in [7, 11) is 0. The second-order valence-electron chi connectivity index (χ2n) is 9.41. The van der Waals surface area contributed by atoms with E-state index in [1.807, 2.05) is 56.3 Å². The van der Waals surface area contributed by atoms with E-state index in [0.29, 0.717) is 25.1 Å². The maximum absolute atomic E-state index is 12.8. The number of imidazole rings is 1. The molecule has 2 atom stereocenters. The number of carbonyl (C=O) groups is 2. The normalized spacial score (nSPS) is 12.7. The molecule has 1 amide bonds. The number of H-pyrrole nitrogens is 1. The van der Waals surface area contributed by atoms with Gasteiger partial charge in [0.2, 0.25) is 0 Å². The van der Waals surface area contributed by atoms with Crippen LogP contribution < -0.4 is 5.32 Å². The van der Waals surface area contributed by atoms with Crippen molar-refractivity contribution >= 4 is 22.6 Å². The van der Waals surface area contributed by atoms with E-state index in [0.717, 1.165) is 41.5 Å². The molecule has 1 heterocycles. The van der Waals surface area contributed by atoms with Crippen LogP contribution >= 0.6 is 0 Å². The zero-order valence-electron chi connectivity index (χ0n) is 21.6. The number of Topliss-reactive ketones (excluding diaryl/α,β-unsaturated/α-hetero) is 1. The Kier molecular flexibility index (Phi) is 9.08. The smallest absolute Gasteiger partial charge is 0.408 e. The fraction of sp³-hybridized carbons (Fsp3) is 0.323. The molecule has 2 N–H and O–H groups in total. The molecule has 6 nitrogen and oxygen atoms in total. The Morgan fingerprint density at radius 2 is 1.70 bits per heavy atom. The molecule has 0 saturated carbocycles. The molecule has 0 spiro atoms. The number of benzene rings is 3. The number of ketones is 1. The van der Waals surface area contributed by atoms with Crippen molar-refractivity contribution in [2.24, 2.45) is 0 Å². The third kappa shape index (κ3) is 7.29. The predicted octanol–water partition coefficient (Wildman–Crippen LogP) is 7.69. The highest BCUT2D eigenvalue weighted by molar-refractivity contribution is 5.86. The number of ether oxygens (including phenoxy) is 1. The fourth-order valence-corrected chi connectivity index (χ4v) is 4.43. The van der Waals surface area contributed by atoms with E-state index in [9.17, 15) is 9.59 Å². The number of hydrogen-bond donors (Lipinski definition) is 2. The number of nitrogens with zero attached hydrogens (tertiary/aromatic N) is 1. The lowest BCUT2D eigenvalue weighted by Crippen LogP contribution is -2.29. The van der Waals surface area contributed by atoms with Crippen molar-refractivity contribution < 1.29 is 14.3 Å². The van der Waals surface area contributed by atoms with Gasteiger partial charge < -0.3 is 15.0 Å². The van der Waals surface area contributed by atoms with Gasteiger partial charge in [-0.05, 0) is 48.6 Å². The summed E-state index contributed by atoms with van der Waals surface area (Å²) in [6.45, 7) is 3.83. The third-order valence-electron chi connectivity index (χ3n) is 6.66. The molecule has 0 aliphatic heterocycles. The highest BCUT2D eigenvalue weighted by Gasteiger charge is 2.21. The first-order chi connectivity index (χ1) is 18.0. The Bertz CT molecular complexity index is 1320. The van der Waals surface area contributed by atoms with Crippen LogP contribution in [-0.2, 0) is 9.53 Å². The van der Waals surface area contributed by atoms with Crippen LogP contribution in [0.1, 0.15) is 75.9 Å². The molecule has 4 rings (SSSR count). The number of rotatable bonds is 12.